The Bertz CT molecular complexity index is 934. The molecule has 10 heteroatoms. The lowest BCUT2D eigenvalue weighted by Crippen LogP contribution is -2.33. The molecule has 0 spiro atoms. The molecular formula is C15H18ClN3O4S2. The Morgan fingerprint density at radius 1 is 1.20 bits per heavy atom. The number of rotatable bonds is 6. The van der Waals surface area contributed by atoms with Gasteiger partial charge in [0.2, 0.25) is 15.9 Å². The number of carbonyl (C=O) groups is 1. The summed E-state index contributed by atoms with van der Waals surface area (Å²) in [5, 5.41) is 0. The first-order valence-electron chi connectivity index (χ1n) is 7.22. The summed E-state index contributed by atoms with van der Waals surface area (Å²) >= 11 is 7.24. The van der Waals surface area contributed by atoms with Crippen molar-refractivity contribution in [3.05, 3.63) is 50.0 Å². The second-order valence-corrected chi connectivity index (χ2v) is 9.53. The summed E-state index contributed by atoms with van der Waals surface area (Å²) in [5.41, 5.74) is -0.446. The predicted octanol–water partition coefficient (Wildman–Crippen LogP) is 1.47. The molecule has 0 aliphatic rings. The molecule has 2 rings (SSSR count). The van der Waals surface area contributed by atoms with E-state index >= 15 is 0 Å². The molecule has 2 aromatic heterocycles. The quantitative estimate of drug-likeness (QED) is 0.731. The van der Waals surface area contributed by atoms with Crippen molar-refractivity contribution < 1.29 is 13.2 Å². The third-order valence-corrected chi connectivity index (χ3v) is 6.50. The minimum atomic E-state index is -3.68. The molecule has 0 aliphatic heterocycles. The number of hydrogen-bond donors (Lipinski definition) is 0. The number of sulfonamides is 1. The molecule has 0 bridgehead atoms. The fourth-order valence-electron chi connectivity index (χ4n) is 2.02. The summed E-state index contributed by atoms with van der Waals surface area (Å²) in [5.74, 6) is -0.314. The van der Waals surface area contributed by atoms with Gasteiger partial charge < -0.3 is 9.47 Å². The molecule has 0 aromatic carbocycles. The van der Waals surface area contributed by atoms with Crippen LogP contribution < -0.4 is 5.56 Å². The highest BCUT2D eigenvalue weighted by atomic mass is 35.5. The van der Waals surface area contributed by atoms with Gasteiger partial charge in [-0.2, -0.15) is 0 Å². The molecule has 2 heterocycles. The third kappa shape index (κ3) is 4.69. The molecule has 0 saturated heterocycles. The Labute approximate surface area is 155 Å². The van der Waals surface area contributed by atoms with Gasteiger partial charge in [-0.1, -0.05) is 11.6 Å². The van der Waals surface area contributed by atoms with Crippen LogP contribution in [0.1, 0.15) is 4.88 Å². The lowest BCUT2D eigenvalue weighted by molar-refractivity contribution is -0.131. The predicted molar refractivity (Wildman–Crippen MR) is 97.4 cm³/mol. The van der Waals surface area contributed by atoms with Crippen molar-refractivity contribution in [1.29, 1.82) is 0 Å². The number of thiophene rings is 1. The summed E-state index contributed by atoms with van der Waals surface area (Å²) in [4.78, 5) is 26.6. The van der Waals surface area contributed by atoms with Crippen LogP contribution in [0.25, 0.3) is 0 Å². The number of halogens is 1. The van der Waals surface area contributed by atoms with Gasteiger partial charge >= 0.3 is 0 Å². The smallest absolute Gasteiger partial charge is 0.251 e. The Balaban J connectivity index is 2.18. The SMILES string of the molecule is CN(Cc1ccc(Cl)s1)C(=O)Cn1cc(S(=O)(=O)N(C)C)ccc1=O. The van der Waals surface area contributed by atoms with Gasteiger partial charge in [0.05, 0.1) is 15.8 Å². The summed E-state index contributed by atoms with van der Waals surface area (Å²) in [7, 11) is 0.728. The van der Waals surface area contributed by atoms with E-state index in [1.165, 1.54) is 42.6 Å². The average molecular weight is 404 g/mol. The second-order valence-electron chi connectivity index (χ2n) is 5.57. The Kier molecular flexibility index (Phi) is 6.04. The summed E-state index contributed by atoms with van der Waals surface area (Å²) in [6.45, 7) is 0.117. The van der Waals surface area contributed by atoms with E-state index in [-0.39, 0.29) is 17.3 Å². The van der Waals surface area contributed by atoms with Crippen LogP contribution in [0.3, 0.4) is 0 Å². The molecule has 0 aliphatic carbocycles. The molecule has 0 saturated carbocycles. The van der Waals surface area contributed by atoms with Crippen LogP contribution in [0, 0.1) is 0 Å². The standard InChI is InChI=1S/C15H18ClN3O4S2/c1-17(2)25(22,23)12-5-7-14(20)19(9-12)10-15(21)18(3)8-11-4-6-13(16)24-11/h4-7,9H,8,10H2,1-3H3. The zero-order chi connectivity index (χ0) is 18.8. The van der Waals surface area contributed by atoms with Crippen LogP contribution in [0.15, 0.2) is 40.2 Å². The largest absolute Gasteiger partial charge is 0.339 e. The minimum absolute atomic E-state index is 0.0439. The molecule has 0 unspecified atom stereocenters. The van der Waals surface area contributed by atoms with Crippen LogP contribution in [-0.2, 0) is 27.9 Å². The first-order valence-corrected chi connectivity index (χ1v) is 9.86. The molecule has 0 fully saturated rings. The van der Waals surface area contributed by atoms with Gasteiger partial charge in [0.1, 0.15) is 6.54 Å². The van der Waals surface area contributed by atoms with Crippen LogP contribution in [0.4, 0.5) is 0 Å². The number of hydrogen-bond acceptors (Lipinski definition) is 5. The van der Waals surface area contributed by atoms with Gasteiger partial charge in [-0.05, 0) is 18.2 Å². The van der Waals surface area contributed by atoms with Crippen LogP contribution >= 0.6 is 22.9 Å². The molecule has 1 amide bonds. The fraction of sp³-hybridized carbons (Fsp3) is 0.333. The molecule has 2 aromatic rings. The van der Waals surface area contributed by atoms with Crippen molar-refractivity contribution in [2.45, 2.75) is 18.0 Å². The van der Waals surface area contributed by atoms with E-state index in [1.54, 1.807) is 13.1 Å². The first kappa shape index (κ1) is 19.6. The molecular weight excluding hydrogens is 386 g/mol. The second kappa shape index (κ2) is 7.69. The highest BCUT2D eigenvalue weighted by Gasteiger charge is 2.19. The molecule has 0 atom stereocenters. The third-order valence-electron chi connectivity index (χ3n) is 3.49. The van der Waals surface area contributed by atoms with E-state index in [4.69, 9.17) is 11.6 Å². The van der Waals surface area contributed by atoms with Crippen LogP contribution in [0.5, 0.6) is 0 Å². The lowest BCUT2D eigenvalue weighted by Gasteiger charge is -2.18. The van der Waals surface area contributed by atoms with E-state index in [9.17, 15) is 18.0 Å². The molecule has 0 radical (unpaired) electrons. The van der Waals surface area contributed by atoms with Gasteiger partial charge in [-0.15, -0.1) is 11.3 Å². The van der Waals surface area contributed by atoms with E-state index in [0.717, 1.165) is 19.8 Å². The van der Waals surface area contributed by atoms with Gasteiger partial charge in [0.25, 0.3) is 5.56 Å². The van der Waals surface area contributed by atoms with Crippen molar-refractivity contribution in [2.24, 2.45) is 0 Å². The molecule has 0 N–H and O–H groups in total. The maximum atomic E-state index is 12.3. The number of aromatic nitrogens is 1. The van der Waals surface area contributed by atoms with Crippen molar-refractivity contribution in [3.63, 3.8) is 0 Å². The molecule has 7 nitrogen and oxygen atoms in total. The summed E-state index contributed by atoms with van der Waals surface area (Å²) in [6.07, 6.45) is 1.19. The topological polar surface area (TPSA) is 79.7 Å². The minimum Gasteiger partial charge on any atom is -0.339 e. The maximum Gasteiger partial charge on any atom is 0.251 e. The number of likely N-dealkylation sites (N-methyl/N-ethyl adjacent to an activating group) is 1. The van der Waals surface area contributed by atoms with Gasteiger partial charge in [-0.3, -0.25) is 9.59 Å². The highest BCUT2D eigenvalue weighted by Crippen LogP contribution is 2.22. The lowest BCUT2D eigenvalue weighted by atomic mass is 10.4. The molecule has 25 heavy (non-hydrogen) atoms. The Hall–Kier alpha value is -1.68. The van der Waals surface area contributed by atoms with E-state index in [1.807, 2.05) is 6.07 Å². The highest BCUT2D eigenvalue weighted by molar-refractivity contribution is 7.89. The summed E-state index contributed by atoms with van der Waals surface area (Å²) < 4.78 is 27.1. The van der Waals surface area contributed by atoms with E-state index in [0.29, 0.717) is 10.9 Å². The van der Waals surface area contributed by atoms with E-state index in [2.05, 4.69) is 0 Å². The van der Waals surface area contributed by atoms with Crippen molar-refractivity contribution >= 4 is 38.9 Å². The Morgan fingerprint density at radius 2 is 1.88 bits per heavy atom. The fourth-order valence-corrected chi connectivity index (χ4v) is 4.08. The van der Waals surface area contributed by atoms with Gasteiger partial charge in [0, 0.05) is 38.3 Å². The normalized spacial score (nSPS) is 11.7. The maximum absolute atomic E-state index is 12.3. The molecule has 136 valence electrons. The number of amides is 1. The number of pyridine rings is 1. The van der Waals surface area contributed by atoms with E-state index < -0.39 is 15.6 Å². The monoisotopic (exact) mass is 403 g/mol. The van der Waals surface area contributed by atoms with Gasteiger partial charge in [-0.25, -0.2) is 12.7 Å². The van der Waals surface area contributed by atoms with Crippen LogP contribution in [-0.4, -0.2) is 49.2 Å². The zero-order valence-electron chi connectivity index (χ0n) is 14.0. The van der Waals surface area contributed by atoms with Gasteiger partial charge in [0.15, 0.2) is 0 Å². The number of carbonyl (C=O) groups excluding carboxylic acids is 1. The average Bonchev–Trinajstić information content (AvgIpc) is 2.94. The number of nitrogens with zero attached hydrogens (tertiary/aromatic N) is 3. The summed E-state index contributed by atoms with van der Waals surface area (Å²) in [6, 6.07) is 5.95. The first-order chi connectivity index (χ1) is 11.6. The zero-order valence-corrected chi connectivity index (χ0v) is 16.4. The Morgan fingerprint density at radius 3 is 2.44 bits per heavy atom. The van der Waals surface area contributed by atoms with Crippen molar-refractivity contribution in [3.8, 4) is 0 Å². The van der Waals surface area contributed by atoms with Crippen molar-refractivity contribution in [2.75, 3.05) is 21.1 Å². The van der Waals surface area contributed by atoms with Crippen LogP contribution in [0.2, 0.25) is 4.34 Å². The van der Waals surface area contributed by atoms with Crippen molar-refractivity contribution in [1.82, 2.24) is 13.8 Å².